The number of ether oxygens (including phenoxy) is 2. The molecule has 1 aliphatic heterocycles. The highest BCUT2D eigenvalue weighted by Gasteiger charge is 2.20. The van der Waals surface area contributed by atoms with Crippen LogP contribution in [0, 0.1) is 0 Å². The summed E-state index contributed by atoms with van der Waals surface area (Å²) >= 11 is 1.41. The molecule has 5 rings (SSSR count). The van der Waals surface area contributed by atoms with Gasteiger partial charge < -0.3 is 14.8 Å². The van der Waals surface area contributed by atoms with Crippen LogP contribution in [-0.4, -0.2) is 27.4 Å². The molecule has 0 radical (unpaired) electrons. The van der Waals surface area contributed by atoms with Crippen LogP contribution in [0.3, 0.4) is 0 Å². The quantitative estimate of drug-likeness (QED) is 0.770. The standard InChI is InChI=1S/C16H16N4O3S/c21-14-10-6-12-13(23-8-22-12)7-11(10)18-16-20(14)19-15(24-16)17-9-4-2-1-3-5-9/h6-7,9H,1-5,8H2,(H,17,19). The lowest BCUT2D eigenvalue weighted by Crippen LogP contribution is -2.22. The zero-order valence-electron chi connectivity index (χ0n) is 12.9. The first kappa shape index (κ1) is 14.0. The minimum Gasteiger partial charge on any atom is -0.454 e. The molecule has 24 heavy (non-hydrogen) atoms. The van der Waals surface area contributed by atoms with Crippen LogP contribution in [-0.2, 0) is 0 Å². The maximum Gasteiger partial charge on any atom is 0.283 e. The van der Waals surface area contributed by atoms with Crippen LogP contribution in [0.2, 0.25) is 0 Å². The van der Waals surface area contributed by atoms with Crippen molar-refractivity contribution in [3.05, 3.63) is 22.5 Å². The van der Waals surface area contributed by atoms with Crippen molar-refractivity contribution in [2.45, 2.75) is 38.1 Å². The molecule has 124 valence electrons. The molecule has 1 aromatic carbocycles. The summed E-state index contributed by atoms with van der Waals surface area (Å²) in [5, 5.41) is 9.13. The van der Waals surface area contributed by atoms with E-state index in [2.05, 4.69) is 15.4 Å². The van der Waals surface area contributed by atoms with Gasteiger partial charge in [-0.3, -0.25) is 4.79 Å². The molecule has 0 bridgehead atoms. The predicted molar refractivity (Wildman–Crippen MR) is 91.3 cm³/mol. The molecule has 2 aromatic heterocycles. The summed E-state index contributed by atoms with van der Waals surface area (Å²) in [6.45, 7) is 0.176. The highest BCUT2D eigenvalue weighted by atomic mass is 32.1. The molecule has 8 heteroatoms. The van der Waals surface area contributed by atoms with E-state index in [1.54, 1.807) is 12.1 Å². The van der Waals surface area contributed by atoms with Crippen molar-refractivity contribution in [1.29, 1.82) is 0 Å². The van der Waals surface area contributed by atoms with Crippen LogP contribution in [0.25, 0.3) is 15.9 Å². The number of anilines is 1. The Morgan fingerprint density at radius 2 is 1.96 bits per heavy atom. The largest absolute Gasteiger partial charge is 0.454 e. The van der Waals surface area contributed by atoms with Crippen molar-refractivity contribution in [3.8, 4) is 11.5 Å². The number of hydrogen-bond acceptors (Lipinski definition) is 7. The summed E-state index contributed by atoms with van der Waals surface area (Å²) < 4.78 is 12.1. The lowest BCUT2D eigenvalue weighted by Gasteiger charge is -2.21. The van der Waals surface area contributed by atoms with Crippen LogP contribution in [0.1, 0.15) is 32.1 Å². The Hall–Kier alpha value is -2.35. The average Bonchev–Trinajstić information content (AvgIpc) is 3.20. The molecule has 0 spiro atoms. The third-order valence-electron chi connectivity index (χ3n) is 4.62. The molecule has 2 aliphatic rings. The Morgan fingerprint density at radius 1 is 1.17 bits per heavy atom. The Morgan fingerprint density at radius 3 is 2.79 bits per heavy atom. The van der Waals surface area contributed by atoms with Crippen molar-refractivity contribution >= 4 is 32.3 Å². The van der Waals surface area contributed by atoms with E-state index in [1.165, 1.54) is 35.1 Å². The van der Waals surface area contributed by atoms with Crippen molar-refractivity contribution in [3.63, 3.8) is 0 Å². The first-order valence-corrected chi connectivity index (χ1v) is 8.99. The molecule has 1 fully saturated rings. The molecule has 1 saturated carbocycles. The number of rotatable bonds is 2. The molecule has 0 atom stereocenters. The molecular weight excluding hydrogens is 328 g/mol. The molecule has 3 heterocycles. The highest BCUT2D eigenvalue weighted by molar-refractivity contribution is 7.20. The van der Waals surface area contributed by atoms with E-state index in [-0.39, 0.29) is 12.4 Å². The Balaban J connectivity index is 1.59. The summed E-state index contributed by atoms with van der Waals surface area (Å²) in [6.07, 6.45) is 6.11. The summed E-state index contributed by atoms with van der Waals surface area (Å²) in [4.78, 5) is 17.9. The van der Waals surface area contributed by atoms with Gasteiger partial charge in [0.25, 0.3) is 5.56 Å². The maximum atomic E-state index is 12.7. The lowest BCUT2D eigenvalue weighted by atomic mass is 9.96. The number of hydrogen-bond donors (Lipinski definition) is 1. The molecule has 0 saturated heterocycles. The van der Waals surface area contributed by atoms with E-state index >= 15 is 0 Å². The first-order chi connectivity index (χ1) is 11.8. The van der Waals surface area contributed by atoms with Crippen LogP contribution in [0.4, 0.5) is 5.13 Å². The van der Waals surface area contributed by atoms with Gasteiger partial charge in [-0.2, -0.15) is 4.52 Å². The Bertz CT molecular complexity index is 990. The van der Waals surface area contributed by atoms with Gasteiger partial charge in [-0.1, -0.05) is 30.6 Å². The van der Waals surface area contributed by atoms with Gasteiger partial charge in [0.05, 0.1) is 10.9 Å². The molecule has 1 N–H and O–H groups in total. The van der Waals surface area contributed by atoms with Crippen molar-refractivity contribution in [2.75, 3.05) is 12.1 Å². The summed E-state index contributed by atoms with van der Waals surface area (Å²) in [7, 11) is 0. The Labute approximate surface area is 141 Å². The van der Waals surface area contributed by atoms with E-state index in [0.717, 1.165) is 18.0 Å². The topological polar surface area (TPSA) is 77.8 Å². The second-order valence-corrected chi connectivity index (χ2v) is 7.18. The fourth-order valence-electron chi connectivity index (χ4n) is 3.38. The fourth-order valence-corrected chi connectivity index (χ4v) is 4.25. The van der Waals surface area contributed by atoms with Gasteiger partial charge in [0, 0.05) is 12.1 Å². The van der Waals surface area contributed by atoms with E-state index in [0.29, 0.717) is 33.4 Å². The summed E-state index contributed by atoms with van der Waals surface area (Å²) in [6, 6.07) is 3.88. The predicted octanol–water partition coefficient (Wildman–Crippen LogP) is 2.78. The van der Waals surface area contributed by atoms with Crippen molar-refractivity contribution in [2.24, 2.45) is 0 Å². The zero-order valence-corrected chi connectivity index (χ0v) is 13.8. The van der Waals surface area contributed by atoms with Gasteiger partial charge >= 0.3 is 0 Å². The van der Waals surface area contributed by atoms with E-state index < -0.39 is 0 Å². The smallest absolute Gasteiger partial charge is 0.283 e. The van der Waals surface area contributed by atoms with E-state index in [9.17, 15) is 4.79 Å². The zero-order chi connectivity index (χ0) is 16.1. The van der Waals surface area contributed by atoms with Gasteiger partial charge in [0.15, 0.2) is 11.5 Å². The number of nitrogens with one attached hydrogen (secondary N) is 1. The molecule has 0 unspecified atom stereocenters. The maximum absolute atomic E-state index is 12.7. The third-order valence-corrected chi connectivity index (χ3v) is 5.46. The van der Waals surface area contributed by atoms with Crippen LogP contribution >= 0.6 is 11.3 Å². The normalized spacial score (nSPS) is 17.7. The summed E-state index contributed by atoms with van der Waals surface area (Å²) in [5.74, 6) is 1.21. The van der Waals surface area contributed by atoms with Crippen molar-refractivity contribution < 1.29 is 9.47 Å². The van der Waals surface area contributed by atoms with Crippen LogP contribution in [0.15, 0.2) is 16.9 Å². The molecule has 3 aromatic rings. The van der Waals surface area contributed by atoms with Gasteiger partial charge in [-0.05, 0) is 18.9 Å². The molecule has 1 aliphatic carbocycles. The Kier molecular flexibility index (Phi) is 3.12. The average molecular weight is 344 g/mol. The van der Waals surface area contributed by atoms with Gasteiger partial charge in [-0.15, -0.1) is 5.10 Å². The number of nitrogens with zero attached hydrogens (tertiary/aromatic N) is 3. The minimum absolute atomic E-state index is 0.176. The molecule has 0 amide bonds. The van der Waals surface area contributed by atoms with Gasteiger partial charge in [0.2, 0.25) is 16.9 Å². The monoisotopic (exact) mass is 344 g/mol. The first-order valence-electron chi connectivity index (χ1n) is 8.18. The third kappa shape index (κ3) is 2.21. The van der Waals surface area contributed by atoms with Crippen LogP contribution in [0.5, 0.6) is 11.5 Å². The fraction of sp³-hybridized carbons (Fsp3) is 0.438. The number of fused-ring (bicyclic) bond motifs is 3. The molecular formula is C16H16N4O3S. The van der Waals surface area contributed by atoms with E-state index in [4.69, 9.17) is 9.47 Å². The van der Waals surface area contributed by atoms with E-state index in [1.807, 2.05) is 0 Å². The van der Waals surface area contributed by atoms with Crippen molar-refractivity contribution in [1.82, 2.24) is 14.6 Å². The van der Waals surface area contributed by atoms with Crippen LogP contribution < -0.4 is 20.3 Å². The van der Waals surface area contributed by atoms with Gasteiger partial charge in [0.1, 0.15) is 0 Å². The molecule has 7 nitrogen and oxygen atoms in total. The second kappa shape index (κ2) is 5.34. The van der Waals surface area contributed by atoms with Gasteiger partial charge in [-0.25, -0.2) is 4.98 Å². The minimum atomic E-state index is -0.179. The highest BCUT2D eigenvalue weighted by Crippen LogP contribution is 2.35. The summed E-state index contributed by atoms with van der Waals surface area (Å²) in [5.41, 5.74) is 0.429. The second-order valence-electron chi connectivity index (χ2n) is 6.22. The lowest BCUT2D eigenvalue weighted by molar-refractivity contribution is 0.174. The number of aromatic nitrogens is 3. The number of benzene rings is 1. The SMILES string of the molecule is O=c1c2cc3c(cc2nc2sc(NC4CCCCC4)nn12)OCO3.